The molecule has 74 valence electrons. The molecule has 0 amide bonds. The van der Waals surface area contributed by atoms with E-state index in [2.05, 4.69) is 0 Å². The normalized spacial score (nSPS) is 11.4. The highest BCUT2D eigenvalue weighted by Crippen LogP contribution is 2.25. The molecule has 0 heterocycles. The van der Waals surface area contributed by atoms with Crippen molar-refractivity contribution in [3.8, 4) is 0 Å². The molecule has 0 aromatic heterocycles. The van der Waals surface area contributed by atoms with E-state index in [9.17, 15) is 17.9 Å². The molecule has 0 aromatic rings. The molecular weight excluding hydrogens is 266 g/mol. The second-order valence-corrected chi connectivity index (χ2v) is 4.08. The van der Waals surface area contributed by atoms with Crippen molar-refractivity contribution in [1.82, 2.24) is 0 Å². The van der Waals surface area contributed by atoms with Crippen molar-refractivity contribution in [3.05, 3.63) is 10.1 Å². The zero-order valence-corrected chi connectivity index (χ0v) is 7.96. The molecule has 0 N–H and O–H groups in total. The Bertz CT molecular complexity index is 238. The summed E-state index contributed by atoms with van der Waals surface area (Å²) >= 11 is 14.1. The van der Waals surface area contributed by atoms with E-state index in [1.807, 2.05) is 0 Å². The van der Waals surface area contributed by atoms with E-state index < -0.39 is 19.4 Å². The predicted molar refractivity (Wildman–Crippen MR) is 38.4 cm³/mol. The van der Waals surface area contributed by atoms with Gasteiger partial charge in [-0.15, -0.1) is 0 Å². The van der Waals surface area contributed by atoms with E-state index in [0.717, 1.165) is 0 Å². The smallest absolute Gasteiger partial charge is 0.260 e. The first-order valence-corrected chi connectivity index (χ1v) is 4.22. The average molecular weight is 266 g/mol. The highest BCUT2D eigenvalue weighted by atomic mass is 35.6. The lowest BCUT2D eigenvalue weighted by Gasteiger charge is -1.96. The second-order valence-electron chi connectivity index (χ2n) is 1.10. The van der Waals surface area contributed by atoms with Gasteiger partial charge in [0.25, 0.3) is 0 Å². The number of halogens is 5. The summed E-state index contributed by atoms with van der Waals surface area (Å²) in [7, 11) is -5.67. The molecule has 0 rings (SSSR count). The van der Waals surface area contributed by atoms with Crippen molar-refractivity contribution in [2.75, 3.05) is 0 Å². The molecule has 11 heteroatoms. The maximum absolute atomic E-state index is 9.99. The fourth-order valence-corrected chi connectivity index (χ4v) is 0. The third-order valence-electron chi connectivity index (χ3n) is 0.207. The Labute approximate surface area is 80.9 Å². The van der Waals surface area contributed by atoms with Gasteiger partial charge in [0.2, 0.25) is 0 Å². The van der Waals surface area contributed by atoms with Crippen molar-refractivity contribution >= 4 is 45.4 Å². The monoisotopic (exact) mass is 265 g/mol. The van der Waals surface area contributed by atoms with Crippen molar-refractivity contribution in [2.45, 2.75) is 3.92 Å². The van der Waals surface area contributed by atoms with Crippen LogP contribution in [0.15, 0.2) is 0 Å². The maximum Gasteiger partial charge on any atom is 0.476 e. The van der Waals surface area contributed by atoms with Crippen molar-refractivity contribution in [1.29, 1.82) is 0 Å². The Morgan fingerprint density at radius 3 is 1.33 bits per heavy atom. The lowest BCUT2D eigenvalue weighted by molar-refractivity contribution is -0.491. The maximum atomic E-state index is 9.99. The van der Waals surface area contributed by atoms with Crippen LogP contribution in [0.2, 0.25) is 0 Å². The van der Waals surface area contributed by atoms with Crippen LogP contribution in [0.5, 0.6) is 0 Å². The summed E-state index contributed by atoms with van der Waals surface area (Å²) < 4.78 is 34.2. The highest BCUT2D eigenvalue weighted by molar-refractivity contribution is 7.81. The van der Waals surface area contributed by atoms with E-state index in [4.69, 9.17) is 43.2 Å². The molecule has 0 aliphatic heterocycles. The van der Waals surface area contributed by atoms with Crippen LogP contribution in [0.25, 0.3) is 0 Å². The molecule has 0 atom stereocenters. The Morgan fingerprint density at radius 1 is 1.25 bits per heavy atom. The van der Waals surface area contributed by atoms with Gasteiger partial charge in [0.15, 0.2) is 0 Å². The average Bonchev–Trinajstić information content (AvgIpc) is 1.55. The molecule has 0 bridgehead atoms. The Hall–Kier alpha value is 0.0800. The summed E-state index contributed by atoms with van der Waals surface area (Å²) in [5.41, 5.74) is 0. The zero-order chi connectivity index (χ0) is 10.6. The minimum Gasteiger partial charge on any atom is -0.260 e. The van der Waals surface area contributed by atoms with Crippen LogP contribution in [0.4, 0.5) is 7.77 Å². The van der Waals surface area contributed by atoms with Gasteiger partial charge in [-0.2, -0.15) is 8.42 Å². The largest absolute Gasteiger partial charge is 0.476 e. The summed E-state index contributed by atoms with van der Waals surface area (Å²) in [6, 6.07) is 0. The second kappa shape index (κ2) is 4.95. The van der Waals surface area contributed by atoms with Crippen LogP contribution >= 0.6 is 34.8 Å². The molecule has 12 heavy (non-hydrogen) atoms. The Kier molecular flexibility index (Phi) is 6.02. The molecule has 0 saturated carbocycles. The third-order valence-corrected chi connectivity index (χ3v) is 0.621. The van der Waals surface area contributed by atoms with E-state index in [-0.39, 0.29) is 0 Å². The van der Waals surface area contributed by atoms with Crippen LogP contribution in [0, 0.1) is 10.1 Å². The number of rotatable bonds is 0. The standard InChI is InChI=1S/CCl3NO2.F2O2S/c2-1(3,4)5(6)7;1-5(2,3)4. The zero-order valence-electron chi connectivity index (χ0n) is 4.88. The van der Waals surface area contributed by atoms with Crippen LogP contribution in [-0.4, -0.2) is 17.3 Å². The summed E-state index contributed by atoms with van der Waals surface area (Å²) in [4.78, 5) is 8.41. The topological polar surface area (TPSA) is 77.3 Å². The van der Waals surface area contributed by atoms with Crippen LogP contribution in [0.1, 0.15) is 0 Å². The van der Waals surface area contributed by atoms with Gasteiger partial charge in [0.1, 0.15) is 0 Å². The summed E-state index contributed by atoms with van der Waals surface area (Å²) in [5, 5.41) is 9.43. The predicted octanol–water partition coefficient (Wildman–Crippen LogP) is 1.76. The number of hydrogen-bond donors (Lipinski definition) is 0. The molecule has 5 nitrogen and oxygen atoms in total. The molecule has 0 aliphatic carbocycles. The van der Waals surface area contributed by atoms with Crippen molar-refractivity contribution in [3.63, 3.8) is 0 Å². The Balaban J connectivity index is 0. The summed E-state index contributed by atoms with van der Waals surface area (Å²) in [6.45, 7) is 0. The van der Waals surface area contributed by atoms with Gasteiger partial charge in [-0.05, 0) is 34.8 Å². The fourth-order valence-electron chi connectivity index (χ4n) is 0. The highest BCUT2D eigenvalue weighted by Gasteiger charge is 2.33. The van der Waals surface area contributed by atoms with Crippen molar-refractivity contribution < 1.29 is 21.1 Å². The van der Waals surface area contributed by atoms with Crippen molar-refractivity contribution in [2.24, 2.45) is 0 Å². The van der Waals surface area contributed by atoms with Gasteiger partial charge in [-0.25, -0.2) is 0 Å². The SMILES string of the molecule is O=S(=O)(F)F.O=[N+]([O-])C(Cl)(Cl)Cl. The molecular formula is CCl3F2NO4S. The number of nitrogens with zero attached hydrogens (tertiary/aromatic N) is 1. The van der Waals surface area contributed by atoms with E-state index in [0.29, 0.717) is 0 Å². The molecule has 0 radical (unpaired) electrons. The molecule has 0 spiro atoms. The fraction of sp³-hybridized carbons (Fsp3) is 1.00. The van der Waals surface area contributed by atoms with E-state index in [1.165, 1.54) is 0 Å². The molecule has 0 unspecified atom stereocenters. The van der Waals surface area contributed by atoms with E-state index >= 15 is 0 Å². The van der Waals surface area contributed by atoms with Gasteiger partial charge < -0.3 is 0 Å². The first kappa shape index (κ1) is 14.6. The molecule has 0 fully saturated rings. The van der Waals surface area contributed by atoms with Gasteiger partial charge >= 0.3 is 14.5 Å². The summed E-state index contributed by atoms with van der Waals surface area (Å²) in [5.74, 6) is 0. The van der Waals surface area contributed by atoms with Crippen LogP contribution in [0.3, 0.4) is 0 Å². The molecule has 0 saturated heterocycles. The lowest BCUT2D eigenvalue weighted by atomic mass is 11.4. The first-order chi connectivity index (χ1) is 4.94. The lowest BCUT2D eigenvalue weighted by Crippen LogP contribution is -2.15. The van der Waals surface area contributed by atoms with Gasteiger partial charge in [-0.1, -0.05) is 7.77 Å². The number of nitro groups is 1. The van der Waals surface area contributed by atoms with E-state index in [1.54, 1.807) is 0 Å². The quantitative estimate of drug-likeness (QED) is 0.220. The molecule has 0 aromatic carbocycles. The van der Waals surface area contributed by atoms with Gasteiger partial charge in [-0.3, -0.25) is 10.1 Å². The third kappa shape index (κ3) is 22.5. The minimum atomic E-state index is -5.67. The Morgan fingerprint density at radius 2 is 1.33 bits per heavy atom. The van der Waals surface area contributed by atoms with Gasteiger partial charge in [0.05, 0.1) is 4.92 Å². The van der Waals surface area contributed by atoms with Crippen LogP contribution < -0.4 is 0 Å². The minimum absolute atomic E-state index is 1.02. The first-order valence-electron chi connectivity index (χ1n) is 1.80. The molecule has 0 aliphatic rings. The number of hydrogen-bond acceptors (Lipinski definition) is 4. The van der Waals surface area contributed by atoms with Crippen LogP contribution in [-0.2, 0) is 10.6 Å². The summed E-state index contributed by atoms with van der Waals surface area (Å²) in [6.07, 6.45) is 0. The number of alkyl halides is 3. The van der Waals surface area contributed by atoms with Gasteiger partial charge in [0, 0.05) is 0 Å².